The van der Waals surface area contributed by atoms with Crippen molar-refractivity contribution < 1.29 is 24.5 Å². The van der Waals surface area contributed by atoms with E-state index in [4.69, 9.17) is 9.84 Å². The van der Waals surface area contributed by atoms with Gasteiger partial charge in [-0.2, -0.15) is 0 Å². The van der Waals surface area contributed by atoms with Gasteiger partial charge in [0.2, 0.25) is 0 Å². The predicted octanol–water partition coefficient (Wildman–Crippen LogP) is 0.199. The summed E-state index contributed by atoms with van der Waals surface area (Å²) in [5, 5.41) is 22.6. The SMILES string of the molecule is CC(O)C(NC(=O)NCCOc1ccccc1)C(=O)O. The molecule has 0 heterocycles. The fraction of sp³-hybridized carbons (Fsp3) is 0.385. The molecule has 7 heteroatoms. The highest BCUT2D eigenvalue weighted by Crippen LogP contribution is 2.07. The second kappa shape index (κ2) is 8.00. The number of benzene rings is 1. The lowest BCUT2D eigenvalue weighted by molar-refractivity contribution is -0.141. The van der Waals surface area contributed by atoms with Crippen molar-refractivity contribution in [3.8, 4) is 5.75 Å². The third-order valence-corrected chi connectivity index (χ3v) is 2.43. The molecule has 1 aromatic carbocycles. The third-order valence-electron chi connectivity index (χ3n) is 2.43. The molecule has 0 aromatic heterocycles. The van der Waals surface area contributed by atoms with Gasteiger partial charge in [0.15, 0.2) is 6.04 Å². The van der Waals surface area contributed by atoms with E-state index in [1.54, 1.807) is 12.1 Å². The smallest absolute Gasteiger partial charge is 0.328 e. The van der Waals surface area contributed by atoms with E-state index in [9.17, 15) is 14.7 Å². The van der Waals surface area contributed by atoms with Gasteiger partial charge in [-0.1, -0.05) is 18.2 Å². The van der Waals surface area contributed by atoms with Gasteiger partial charge in [-0.05, 0) is 19.1 Å². The van der Waals surface area contributed by atoms with Crippen molar-refractivity contribution in [2.24, 2.45) is 0 Å². The highest BCUT2D eigenvalue weighted by Gasteiger charge is 2.24. The molecule has 4 N–H and O–H groups in total. The van der Waals surface area contributed by atoms with Crippen LogP contribution in [0.4, 0.5) is 4.79 Å². The van der Waals surface area contributed by atoms with Crippen LogP contribution in [0.15, 0.2) is 30.3 Å². The first-order chi connectivity index (χ1) is 9.50. The number of aliphatic hydroxyl groups excluding tert-OH is 1. The van der Waals surface area contributed by atoms with E-state index in [2.05, 4.69) is 10.6 Å². The normalized spacial score (nSPS) is 13.1. The second-order valence-corrected chi connectivity index (χ2v) is 4.12. The van der Waals surface area contributed by atoms with Gasteiger partial charge in [0.25, 0.3) is 0 Å². The molecule has 0 spiro atoms. The number of aliphatic carboxylic acids is 1. The van der Waals surface area contributed by atoms with E-state index in [1.807, 2.05) is 18.2 Å². The standard InChI is InChI=1S/C13H18N2O5/c1-9(16)11(12(17)18)15-13(19)14-7-8-20-10-5-3-2-4-6-10/h2-6,9,11,16H,7-8H2,1H3,(H,17,18)(H2,14,15,19). The molecule has 20 heavy (non-hydrogen) atoms. The fourth-order valence-corrected chi connectivity index (χ4v) is 1.43. The molecule has 0 aliphatic carbocycles. The first kappa shape index (κ1) is 15.8. The van der Waals surface area contributed by atoms with Gasteiger partial charge < -0.3 is 25.6 Å². The number of ether oxygens (including phenoxy) is 1. The molecular formula is C13H18N2O5. The third kappa shape index (κ3) is 5.57. The number of rotatable bonds is 7. The Balaban J connectivity index is 2.24. The minimum Gasteiger partial charge on any atom is -0.492 e. The van der Waals surface area contributed by atoms with E-state index < -0.39 is 24.1 Å². The van der Waals surface area contributed by atoms with Crippen LogP contribution >= 0.6 is 0 Å². The molecule has 0 aliphatic heterocycles. The van der Waals surface area contributed by atoms with Crippen LogP contribution in [0.25, 0.3) is 0 Å². The van der Waals surface area contributed by atoms with Gasteiger partial charge in [0.05, 0.1) is 12.6 Å². The lowest BCUT2D eigenvalue weighted by Crippen LogP contribution is -2.51. The topological polar surface area (TPSA) is 108 Å². The Kier molecular flexibility index (Phi) is 6.31. The van der Waals surface area contributed by atoms with Crippen molar-refractivity contribution in [2.75, 3.05) is 13.2 Å². The van der Waals surface area contributed by atoms with Gasteiger partial charge in [-0.15, -0.1) is 0 Å². The van der Waals surface area contributed by atoms with Gasteiger partial charge in [0, 0.05) is 0 Å². The minimum absolute atomic E-state index is 0.215. The number of hydrogen-bond acceptors (Lipinski definition) is 4. The lowest BCUT2D eigenvalue weighted by Gasteiger charge is -2.17. The molecule has 2 amide bonds. The zero-order valence-electron chi connectivity index (χ0n) is 11.1. The molecule has 0 saturated heterocycles. The van der Waals surface area contributed by atoms with Crippen molar-refractivity contribution in [1.82, 2.24) is 10.6 Å². The molecule has 2 unspecified atom stereocenters. The Bertz CT molecular complexity index is 436. The number of para-hydroxylation sites is 1. The molecule has 0 saturated carbocycles. The summed E-state index contributed by atoms with van der Waals surface area (Å²) >= 11 is 0. The van der Waals surface area contributed by atoms with E-state index in [0.29, 0.717) is 5.75 Å². The summed E-state index contributed by atoms with van der Waals surface area (Å²) in [5.41, 5.74) is 0. The van der Waals surface area contributed by atoms with Gasteiger partial charge in [0.1, 0.15) is 12.4 Å². The maximum Gasteiger partial charge on any atom is 0.328 e. The molecule has 7 nitrogen and oxygen atoms in total. The number of carbonyl (C=O) groups excluding carboxylic acids is 1. The van der Waals surface area contributed by atoms with Crippen LogP contribution in [0.5, 0.6) is 5.75 Å². The molecule has 0 aliphatic rings. The summed E-state index contributed by atoms with van der Waals surface area (Å²) < 4.78 is 5.35. The average molecular weight is 282 g/mol. The van der Waals surface area contributed by atoms with Gasteiger partial charge >= 0.3 is 12.0 Å². The number of amides is 2. The van der Waals surface area contributed by atoms with Crippen LogP contribution in [0.1, 0.15) is 6.92 Å². The first-order valence-corrected chi connectivity index (χ1v) is 6.14. The molecule has 0 bridgehead atoms. The average Bonchev–Trinajstić information content (AvgIpc) is 2.41. The first-order valence-electron chi connectivity index (χ1n) is 6.14. The molecule has 0 fully saturated rings. The molecule has 1 aromatic rings. The maximum absolute atomic E-state index is 11.4. The van der Waals surface area contributed by atoms with Gasteiger partial charge in [-0.3, -0.25) is 0 Å². The summed E-state index contributed by atoms with van der Waals surface area (Å²) in [6, 6.07) is 7.08. The highest BCUT2D eigenvalue weighted by molar-refractivity contribution is 5.82. The van der Waals surface area contributed by atoms with Crippen molar-refractivity contribution in [1.29, 1.82) is 0 Å². The van der Waals surface area contributed by atoms with Crippen LogP contribution in [-0.2, 0) is 4.79 Å². The number of carbonyl (C=O) groups is 2. The number of urea groups is 1. The fourth-order valence-electron chi connectivity index (χ4n) is 1.43. The Hall–Kier alpha value is -2.28. The summed E-state index contributed by atoms with van der Waals surface area (Å²) in [5.74, 6) is -0.613. The minimum atomic E-state index is -1.34. The molecule has 2 atom stereocenters. The Morgan fingerprint density at radius 2 is 1.95 bits per heavy atom. The Morgan fingerprint density at radius 3 is 2.50 bits per heavy atom. The number of carboxylic acid groups (broad SMARTS) is 1. The van der Waals surface area contributed by atoms with E-state index >= 15 is 0 Å². The van der Waals surface area contributed by atoms with Crippen LogP contribution in [0, 0.1) is 0 Å². The van der Waals surface area contributed by atoms with Crippen LogP contribution in [0.2, 0.25) is 0 Å². The number of nitrogens with one attached hydrogen (secondary N) is 2. The van der Waals surface area contributed by atoms with E-state index in [0.717, 1.165) is 0 Å². The monoisotopic (exact) mass is 282 g/mol. The zero-order valence-corrected chi connectivity index (χ0v) is 11.1. The molecule has 0 radical (unpaired) electrons. The summed E-state index contributed by atoms with van der Waals surface area (Å²) in [7, 11) is 0. The van der Waals surface area contributed by atoms with Crippen molar-refractivity contribution in [3.63, 3.8) is 0 Å². The quantitative estimate of drug-likeness (QED) is 0.534. The maximum atomic E-state index is 11.4. The van der Waals surface area contributed by atoms with E-state index in [-0.39, 0.29) is 13.2 Å². The highest BCUT2D eigenvalue weighted by atomic mass is 16.5. The molecule has 1 rings (SSSR count). The van der Waals surface area contributed by atoms with E-state index in [1.165, 1.54) is 6.92 Å². The number of hydrogen-bond donors (Lipinski definition) is 4. The molecule has 110 valence electrons. The predicted molar refractivity (Wildman–Crippen MR) is 71.6 cm³/mol. The lowest BCUT2D eigenvalue weighted by atomic mass is 10.2. The zero-order chi connectivity index (χ0) is 15.0. The van der Waals surface area contributed by atoms with Crippen molar-refractivity contribution in [2.45, 2.75) is 19.1 Å². The van der Waals surface area contributed by atoms with Crippen molar-refractivity contribution in [3.05, 3.63) is 30.3 Å². The summed E-state index contributed by atoms with van der Waals surface area (Å²) in [4.78, 5) is 22.2. The Labute approximate surface area is 116 Å². The Morgan fingerprint density at radius 1 is 1.30 bits per heavy atom. The van der Waals surface area contributed by atoms with Crippen molar-refractivity contribution >= 4 is 12.0 Å². The van der Waals surface area contributed by atoms with Gasteiger partial charge in [-0.25, -0.2) is 9.59 Å². The van der Waals surface area contributed by atoms with Crippen LogP contribution < -0.4 is 15.4 Å². The number of aliphatic hydroxyl groups is 1. The van der Waals surface area contributed by atoms with Crippen LogP contribution in [0.3, 0.4) is 0 Å². The summed E-state index contributed by atoms with van der Waals surface area (Å²) in [6.07, 6.45) is -1.18. The molecular weight excluding hydrogens is 264 g/mol. The second-order valence-electron chi connectivity index (χ2n) is 4.12. The summed E-state index contributed by atoms with van der Waals surface area (Å²) in [6.45, 7) is 1.76. The largest absolute Gasteiger partial charge is 0.492 e. The number of carboxylic acids is 1. The van der Waals surface area contributed by atoms with Crippen LogP contribution in [-0.4, -0.2) is 47.5 Å².